The number of hydrogen-bond donors (Lipinski definition) is 2. The maximum absolute atomic E-state index is 5.75. The maximum atomic E-state index is 5.75. The third-order valence-corrected chi connectivity index (χ3v) is 5.46. The Hall–Kier alpha value is -1.26. The molecule has 0 saturated heterocycles. The van der Waals surface area contributed by atoms with Crippen LogP contribution in [0.15, 0.2) is 58.3 Å². The van der Waals surface area contributed by atoms with Gasteiger partial charge in [0.1, 0.15) is 0 Å². The first-order valence-corrected chi connectivity index (χ1v) is 8.59. The molecule has 0 radical (unpaired) electrons. The predicted molar refractivity (Wildman–Crippen MR) is 113 cm³/mol. The van der Waals surface area contributed by atoms with E-state index in [-0.39, 0.29) is 7.43 Å². The largest absolute Gasteiger partial charge is 0.384 e. The average Bonchev–Trinajstić information content (AvgIpc) is 2.76. The summed E-state index contributed by atoms with van der Waals surface area (Å²) in [6.07, 6.45) is 1.11. The summed E-state index contributed by atoms with van der Waals surface area (Å²) in [6.45, 7) is 1.99. The van der Waals surface area contributed by atoms with Crippen LogP contribution in [0.5, 0.6) is 0 Å². The highest BCUT2D eigenvalue weighted by Crippen LogP contribution is 2.43. The van der Waals surface area contributed by atoms with Gasteiger partial charge in [0.05, 0.1) is 0 Å². The summed E-state index contributed by atoms with van der Waals surface area (Å²) in [5.74, 6) is 0. The monoisotopic (exact) mass is 358 g/mol. The Labute approximate surface area is 155 Å². The van der Waals surface area contributed by atoms with Crippen molar-refractivity contribution >= 4 is 33.0 Å². The summed E-state index contributed by atoms with van der Waals surface area (Å²) in [5.41, 5.74) is 2.47. The third-order valence-electron chi connectivity index (χ3n) is 2.98. The number of anilines is 2. The second kappa shape index (κ2) is 12.2. The second-order valence-electron chi connectivity index (χ2n) is 4.37. The van der Waals surface area contributed by atoms with Crippen molar-refractivity contribution in [1.82, 2.24) is 0 Å². The minimum atomic E-state index is 0. The Kier molecular flexibility index (Phi) is 9.59. The normalized spacial score (nSPS) is 13.4. The summed E-state index contributed by atoms with van der Waals surface area (Å²) < 4.78 is 17.2. The van der Waals surface area contributed by atoms with Crippen molar-refractivity contribution in [3.05, 3.63) is 48.5 Å². The lowest BCUT2D eigenvalue weighted by Gasteiger charge is -2.10. The smallest absolute Gasteiger partial charge is 0.0487 e. The molecule has 2 aromatic rings. The van der Waals surface area contributed by atoms with Gasteiger partial charge in [0.25, 0.3) is 0 Å². The van der Waals surface area contributed by atoms with E-state index in [1.807, 2.05) is 21.6 Å². The van der Waals surface area contributed by atoms with E-state index in [0.29, 0.717) is 0 Å². The van der Waals surface area contributed by atoms with Crippen LogP contribution in [0.1, 0.15) is 40.2 Å². The molecule has 0 bridgehead atoms. The highest BCUT2D eigenvalue weighted by Gasteiger charge is 2.08. The minimum absolute atomic E-state index is 0. The van der Waals surface area contributed by atoms with E-state index < -0.39 is 0 Å². The summed E-state index contributed by atoms with van der Waals surface area (Å²) in [7, 11) is 7.37. The second-order valence-corrected chi connectivity index (χ2v) is 6.58. The quantitative estimate of drug-likeness (QED) is 0.484. The van der Waals surface area contributed by atoms with E-state index in [1.165, 1.54) is 43.4 Å². The highest BCUT2D eigenvalue weighted by atomic mass is 33.1. The van der Waals surface area contributed by atoms with Gasteiger partial charge in [-0.05, 0) is 30.7 Å². The first-order chi connectivity index (χ1) is 12.4. The molecular weight excluding hydrogens is 320 g/mol. The molecule has 2 N–H and O–H groups in total. The summed E-state index contributed by atoms with van der Waals surface area (Å²) >= 11 is 0. The molecule has 4 heteroatoms. The predicted octanol–water partition coefficient (Wildman–Crippen LogP) is 7.26. The molecule has 1 aliphatic rings. The summed E-state index contributed by atoms with van der Waals surface area (Å²) in [5, 5.41) is 7.03. The molecule has 3 rings (SSSR count). The molecule has 0 aromatic heterocycles. The van der Waals surface area contributed by atoms with Crippen LogP contribution in [0.25, 0.3) is 0 Å². The molecule has 2 aromatic carbocycles. The fourth-order valence-electron chi connectivity index (χ4n) is 1.99. The van der Waals surface area contributed by atoms with Crippen LogP contribution < -0.4 is 10.6 Å². The summed E-state index contributed by atoms with van der Waals surface area (Å²) in [6, 6.07) is 17.0. The topological polar surface area (TPSA) is 24.1 Å². The van der Waals surface area contributed by atoms with Gasteiger partial charge in [0, 0.05) is 38.4 Å². The standard InChI is InChI=1S/C15H16N2S2.4CH4/c1-3-8-14-12(6-1)16-10-5-11-17-13-7-2-4-9-15(13)19-18-14;;;;/h1-4,6-9,16-17H,5,10-11H2;4*1H4/i;3*1T;. The van der Waals surface area contributed by atoms with Gasteiger partial charge >= 0.3 is 0 Å². The van der Waals surface area contributed by atoms with E-state index in [4.69, 9.17) is 4.11 Å². The Morgan fingerprint density at radius 1 is 0.696 bits per heavy atom. The Balaban J connectivity index is 0. The van der Waals surface area contributed by atoms with Gasteiger partial charge in [-0.2, -0.15) is 0 Å². The zero-order chi connectivity index (χ0) is 18.9. The van der Waals surface area contributed by atoms with Crippen molar-refractivity contribution in [2.45, 2.75) is 45.8 Å². The number of benzene rings is 2. The van der Waals surface area contributed by atoms with E-state index in [0.717, 1.165) is 19.5 Å². The minimum Gasteiger partial charge on any atom is -0.384 e. The fourth-order valence-corrected chi connectivity index (χ4v) is 4.31. The highest BCUT2D eigenvalue weighted by molar-refractivity contribution is 8.76. The first-order valence-electron chi connectivity index (χ1n) is 9.44. The van der Waals surface area contributed by atoms with Crippen molar-refractivity contribution in [2.24, 2.45) is 0 Å². The van der Waals surface area contributed by atoms with Gasteiger partial charge in [0.2, 0.25) is 0 Å². The molecule has 2 nitrogen and oxygen atoms in total. The van der Waals surface area contributed by atoms with Gasteiger partial charge in [-0.25, -0.2) is 0 Å². The van der Waals surface area contributed by atoms with Crippen LogP contribution in [0.4, 0.5) is 11.4 Å². The lowest BCUT2D eigenvalue weighted by atomic mass is 10.3. The Morgan fingerprint density at radius 3 is 1.52 bits per heavy atom. The van der Waals surface area contributed by atoms with Crippen LogP contribution in [-0.4, -0.2) is 13.1 Å². The Morgan fingerprint density at radius 2 is 1.09 bits per heavy atom. The molecule has 1 heterocycles. The lowest BCUT2D eigenvalue weighted by molar-refractivity contribution is 0.904. The van der Waals surface area contributed by atoms with Crippen molar-refractivity contribution < 1.29 is 4.11 Å². The molecule has 0 amide bonds. The van der Waals surface area contributed by atoms with E-state index in [9.17, 15) is 0 Å². The molecular formula is C19H32N2S2. The van der Waals surface area contributed by atoms with Gasteiger partial charge in [-0.1, -0.05) is 75.5 Å². The molecule has 0 saturated carbocycles. The van der Waals surface area contributed by atoms with Crippen LogP contribution >= 0.6 is 21.6 Å². The van der Waals surface area contributed by atoms with Crippen LogP contribution in [-0.2, 0) is 0 Å². The van der Waals surface area contributed by atoms with Crippen molar-refractivity contribution in [2.75, 3.05) is 23.7 Å². The van der Waals surface area contributed by atoms with Crippen molar-refractivity contribution in [1.29, 1.82) is 0 Å². The number of para-hydroxylation sites is 2. The molecule has 130 valence electrons. The first kappa shape index (κ1) is 18.1. The van der Waals surface area contributed by atoms with E-state index in [1.54, 1.807) is 0 Å². The van der Waals surface area contributed by atoms with Gasteiger partial charge in [0.15, 0.2) is 0 Å². The Bertz CT molecular complexity index is 522. The molecule has 0 unspecified atom stereocenters. The number of fused-ring (bicyclic) bond motifs is 2. The number of hydrogen-bond acceptors (Lipinski definition) is 4. The SMILES string of the molecule is C.[3H]C.[3H]C.[3H]C.c1ccc2c(c1)NCCCNc1ccccc1SS2. The van der Waals surface area contributed by atoms with Crippen LogP contribution in [0, 0.1) is 0 Å². The molecule has 0 spiro atoms. The van der Waals surface area contributed by atoms with Crippen LogP contribution in [0.2, 0.25) is 0 Å². The van der Waals surface area contributed by atoms with E-state index >= 15 is 0 Å². The van der Waals surface area contributed by atoms with Crippen molar-refractivity contribution in [3.8, 4) is 0 Å². The number of rotatable bonds is 0. The van der Waals surface area contributed by atoms with Gasteiger partial charge in [-0.15, -0.1) is 0 Å². The molecule has 0 atom stereocenters. The van der Waals surface area contributed by atoms with E-state index in [2.05, 4.69) is 59.2 Å². The van der Waals surface area contributed by atoms with Gasteiger partial charge < -0.3 is 10.6 Å². The molecule has 1 aliphatic heterocycles. The zero-order valence-corrected chi connectivity index (χ0v) is 15.2. The van der Waals surface area contributed by atoms with Crippen molar-refractivity contribution in [3.63, 3.8) is 0 Å². The lowest BCUT2D eigenvalue weighted by Crippen LogP contribution is -2.09. The average molecular weight is 359 g/mol. The third kappa shape index (κ3) is 6.40. The van der Waals surface area contributed by atoms with Crippen LogP contribution in [0.3, 0.4) is 0 Å². The molecule has 23 heavy (non-hydrogen) atoms. The molecule has 0 aliphatic carbocycles. The zero-order valence-electron chi connectivity index (χ0n) is 16.6. The maximum Gasteiger partial charge on any atom is 0.0487 e. The number of nitrogens with one attached hydrogen (secondary N) is 2. The summed E-state index contributed by atoms with van der Waals surface area (Å²) in [4.78, 5) is 2.59. The fraction of sp³-hybridized carbons (Fsp3) is 0.368. The van der Waals surface area contributed by atoms with Gasteiger partial charge in [-0.3, -0.25) is 0 Å². The molecule has 0 fully saturated rings.